The van der Waals surface area contributed by atoms with Crippen molar-refractivity contribution >= 4 is 23.7 Å². The summed E-state index contributed by atoms with van der Waals surface area (Å²) in [5.74, 6) is -3.54. The predicted molar refractivity (Wildman–Crippen MR) is 107 cm³/mol. The van der Waals surface area contributed by atoms with E-state index in [1.54, 1.807) is 13.8 Å². The van der Waals surface area contributed by atoms with Gasteiger partial charge in [-0.15, -0.1) is 0 Å². The molecule has 9 N–H and O–H groups in total. The fraction of sp³-hybridized carbons (Fsp3) is 0.778. The fourth-order valence-corrected chi connectivity index (χ4v) is 2.49. The molecule has 0 radical (unpaired) electrons. The monoisotopic (exact) mass is 417 g/mol. The molecular weight excluding hydrogens is 382 g/mol. The first kappa shape index (κ1) is 26.8. The van der Waals surface area contributed by atoms with Crippen molar-refractivity contribution in [2.75, 3.05) is 13.1 Å². The number of carbonyl (C=O) groups is 4. The van der Waals surface area contributed by atoms with Crippen molar-refractivity contribution in [3.63, 3.8) is 0 Å². The first-order chi connectivity index (χ1) is 13.5. The van der Waals surface area contributed by atoms with Gasteiger partial charge in [-0.1, -0.05) is 26.7 Å². The highest BCUT2D eigenvalue weighted by atomic mass is 16.4. The lowest BCUT2D eigenvalue weighted by molar-refractivity contribution is -0.143. The van der Waals surface area contributed by atoms with Crippen LogP contribution in [0, 0.1) is 5.92 Å². The maximum atomic E-state index is 12.3. The molecule has 0 fully saturated rings. The first-order valence-corrected chi connectivity index (χ1v) is 9.79. The number of hydrogen-bond acceptors (Lipinski definition) is 7. The molecule has 11 heteroatoms. The van der Waals surface area contributed by atoms with E-state index in [1.807, 2.05) is 0 Å². The molecule has 0 spiro atoms. The molecule has 0 aromatic heterocycles. The van der Waals surface area contributed by atoms with E-state index in [9.17, 15) is 29.4 Å². The Morgan fingerprint density at radius 3 is 2.10 bits per heavy atom. The van der Waals surface area contributed by atoms with Crippen molar-refractivity contribution in [3.05, 3.63) is 0 Å². The van der Waals surface area contributed by atoms with Gasteiger partial charge in [-0.05, 0) is 32.2 Å². The summed E-state index contributed by atoms with van der Waals surface area (Å²) in [6.07, 6.45) is 1.06. The molecule has 11 nitrogen and oxygen atoms in total. The summed E-state index contributed by atoms with van der Waals surface area (Å²) in [6, 6.07) is -3.24. The molecule has 0 aliphatic rings. The number of amides is 3. The first-order valence-electron chi connectivity index (χ1n) is 9.79. The van der Waals surface area contributed by atoms with E-state index in [2.05, 4.69) is 16.0 Å². The quantitative estimate of drug-likeness (QED) is 0.158. The highest BCUT2D eigenvalue weighted by Gasteiger charge is 2.29. The Bertz CT molecular complexity index is 557. The molecule has 0 aromatic carbocycles. The Labute approximate surface area is 171 Å². The Balaban J connectivity index is 4.72. The number of aliphatic hydroxyl groups excluding tert-OH is 1. The van der Waals surface area contributed by atoms with Crippen molar-refractivity contribution in [2.45, 2.75) is 70.7 Å². The van der Waals surface area contributed by atoms with E-state index < -0.39 is 54.5 Å². The largest absolute Gasteiger partial charge is 0.480 e. The average molecular weight is 418 g/mol. The topological polar surface area (TPSA) is 197 Å². The van der Waals surface area contributed by atoms with Crippen molar-refractivity contribution < 1.29 is 29.4 Å². The molecule has 0 heterocycles. The van der Waals surface area contributed by atoms with Crippen molar-refractivity contribution in [2.24, 2.45) is 17.4 Å². The van der Waals surface area contributed by atoms with Crippen LogP contribution < -0.4 is 27.4 Å². The third-order valence-electron chi connectivity index (χ3n) is 4.59. The molecule has 0 aliphatic heterocycles. The molecule has 5 atom stereocenters. The smallest absolute Gasteiger partial charge is 0.326 e. The number of nitrogens with two attached hydrogens (primary N) is 2. The number of aliphatic hydroxyl groups is 1. The van der Waals surface area contributed by atoms with Crippen LogP contribution in [-0.2, 0) is 19.2 Å². The number of carbonyl (C=O) groups excluding carboxylic acids is 3. The van der Waals surface area contributed by atoms with Gasteiger partial charge in [0.2, 0.25) is 17.7 Å². The lowest BCUT2D eigenvalue weighted by Gasteiger charge is -2.23. The van der Waals surface area contributed by atoms with Crippen molar-refractivity contribution in [3.8, 4) is 0 Å². The zero-order valence-electron chi connectivity index (χ0n) is 17.3. The van der Waals surface area contributed by atoms with Crippen LogP contribution in [-0.4, -0.2) is 71.2 Å². The summed E-state index contributed by atoms with van der Waals surface area (Å²) in [7, 11) is 0. The maximum absolute atomic E-state index is 12.3. The van der Waals surface area contributed by atoms with Gasteiger partial charge in [-0.25, -0.2) is 4.79 Å². The lowest BCUT2D eigenvalue weighted by atomic mass is 9.99. The molecule has 0 aromatic rings. The summed E-state index contributed by atoms with van der Waals surface area (Å²) in [4.78, 5) is 47.6. The summed E-state index contributed by atoms with van der Waals surface area (Å²) in [6.45, 7) is 4.78. The van der Waals surface area contributed by atoms with Crippen LogP contribution in [0.4, 0.5) is 0 Å². The molecule has 0 aliphatic carbocycles. The van der Waals surface area contributed by atoms with E-state index in [-0.39, 0.29) is 5.92 Å². The van der Waals surface area contributed by atoms with E-state index >= 15 is 0 Å². The molecule has 168 valence electrons. The average Bonchev–Trinajstić information content (AvgIpc) is 2.66. The van der Waals surface area contributed by atoms with Crippen molar-refractivity contribution in [1.82, 2.24) is 16.0 Å². The summed E-state index contributed by atoms with van der Waals surface area (Å²) < 4.78 is 0. The van der Waals surface area contributed by atoms with E-state index in [0.717, 1.165) is 0 Å². The zero-order valence-corrected chi connectivity index (χ0v) is 17.3. The van der Waals surface area contributed by atoms with Crippen LogP contribution in [0.5, 0.6) is 0 Å². The van der Waals surface area contributed by atoms with Gasteiger partial charge in [0.15, 0.2) is 0 Å². The second-order valence-corrected chi connectivity index (χ2v) is 7.10. The zero-order chi connectivity index (χ0) is 22.6. The highest BCUT2D eigenvalue weighted by molar-refractivity contribution is 5.92. The minimum Gasteiger partial charge on any atom is -0.480 e. The maximum Gasteiger partial charge on any atom is 0.326 e. The predicted octanol–water partition coefficient (Wildman–Crippen LogP) is -1.96. The van der Waals surface area contributed by atoms with Crippen LogP contribution in [0.3, 0.4) is 0 Å². The number of carboxylic acid groups (broad SMARTS) is 1. The molecule has 0 saturated carbocycles. The molecule has 0 rings (SSSR count). The summed E-state index contributed by atoms with van der Waals surface area (Å²) >= 11 is 0. The van der Waals surface area contributed by atoms with Crippen LogP contribution in [0.1, 0.15) is 46.5 Å². The lowest BCUT2D eigenvalue weighted by Crippen LogP contribution is -2.57. The third kappa shape index (κ3) is 10.2. The van der Waals surface area contributed by atoms with Gasteiger partial charge < -0.3 is 37.6 Å². The van der Waals surface area contributed by atoms with Gasteiger partial charge >= 0.3 is 5.97 Å². The van der Waals surface area contributed by atoms with Crippen LogP contribution in [0.15, 0.2) is 0 Å². The minimum absolute atomic E-state index is 0.294. The van der Waals surface area contributed by atoms with Gasteiger partial charge in [0.25, 0.3) is 0 Å². The number of unbranched alkanes of at least 4 members (excludes halogenated alkanes) is 1. The van der Waals surface area contributed by atoms with Crippen molar-refractivity contribution in [1.29, 1.82) is 0 Å². The standard InChI is InChI=1S/C18H35N5O6/c1-4-10(2)14(18(28)29)22-13(25)9-21-17(27)15(11(3)24)23-16(26)12(20)7-5-6-8-19/h10-12,14-15,24H,4-9,19-20H2,1-3H3,(H,21,27)(H,22,25)(H,23,26)(H,28,29). The Hall–Kier alpha value is -2.24. The van der Waals surface area contributed by atoms with E-state index in [1.165, 1.54) is 6.92 Å². The Morgan fingerprint density at radius 2 is 1.62 bits per heavy atom. The Morgan fingerprint density at radius 1 is 1.00 bits per heavy atom. The Kier molecular flexibility index (Phi) is 12.8. The van der Waals surface area contributed by atoms with Gasteiger partial charge in [-0.3, -0.25) is 14.4 Å². The fourth-order valence-electron chi connectivity index (χ4n) is 2.49. The number of nitrogens with one attached hydrogen (secondary N) is 3. The SMILES string of the molecule is CCC(C)C(NC(=O)CNC(=O)C(NC(=O)C(N)CCCCN)C(C)O)C(=O)O. The van der Waals surface area contributed by atoms with E-state index in [0.29, 0.717) is 32.2 Å². The second-order valence-electron chi connectivity index (χ2n) is 7.10. The molecule has 0 saturated heterocycles. The van der Waals surface area contributed by atoms with Gasteiger partial charge in [0.05, 0.1) is 18.7 Å². The highest BCUT2D eigenvalue weighted by Crippen LogP contribution is 2.07. The normalized spacial score (nSPS) is 16.1. The number of rotatable bonds is 14. The van der Waals surface area contributed by atoms with Gasteiger partial charge in [0.1, 0.15) is 12.1 Å². The van der Waals surface area contributed by atoms with Crippen LogP contribution in [0.25, 0.3) is 0 Å². The minimum atomic E-state index is -1.30. The second kappa shape index (κ2) is 13.9. The van der Waals surface area contributed by atoms with Gasteiger partial charge in [0, 0.05) is 0 Å². The number of hydrogen-bond donors (Lipinski definition) is 7. The summed E-state index contributed by atoms with van der Waals surface area (Å²) in [5.41, 5.74) is 11.2. The molecule has 3 amide bonds. The molecular formula is C18H35N5O6. The van der Waals surface area contributed by atoms with Crippen LogP contribution in [0.2, 0.25) is 0 Å². The number of carboxylic acids is 1. The molecule has 5 unspecified atom stereocenters. The van der Waals surface area contributed by atoms with Crippen LogP contribution >= 0.6 is 0 Å². The van der Waals surface area contributed by atoms with Gasteiger partial charge in [-0.2, -0.15) is 0 Å². The van der Waals surface area contributed by atoms with E-state index in [4.69, 9.17) is 11.5 Å². The summed E-state index contributed by atoms with van der Waals surface area (Å²) in [5, 5.41) is 26.0. The third-order valence-corrected chi connectivity index (χ3v) is 4.59. The molecule has 0 bridgehead atoms. The number of aliphatic carboxylic acids is 1. The molecule has 29 heavy (non-hydrogen) atoms.